The minimum atomic E-state index is -0.783. The molecule has 1 aromatic heterocycles. The summed E-state index contributed by atoms with van der Waals surface area (Å²) in [7, 11) is 0. The minimum Gasteiger partial charge on any atom is -0.446 e. The molecule has 1 aromatic carbocycles. The summed E-state index contributed by atoms with van der Waals surface area (Å²) >= 11 is 0. The molecule has 0 N–H and O–H groups in total. The molecule has 9 heteroatoms. The van der Waals surface area contributed by atoms with E-state index in [4.69, 9.17) is 14.2 Å². The van der Waals surface area contributed by atoms with E-state index in [1.807, 2.05) is 0 Å². The number of aromatic nitrogens is 1. The van der Waals surface area contributed by atoms with Gasteiger partial charge in [0.25, 0.3) is 0 Å². The van der Waals surface area contributed by atoms with Gasteiger partial charge in [0.2, 0.25) is 18.0 Å². The summed E-state index contributed by atoms with van der Waals surface area (Å²) in [6, 6.07) is 7.82. The van der Waals surface area contributed by atoms with Gasteiger partial charge >= 0.3 is 11.9 Å². The van der Waals surface area contributed by atoms with Crippen molar-refractivity contribution in [1.82, 2.24) is 9.99 Å². The summed E-state index contributed by atoms with van der Waals surface area (Å²) in [4.78, 5) is 38.6. The number of ether oxygens (including phenoxy) is 3. The van der Waals surface area contributed by atoms with Crippen LogP contribution in [0.15, 0.2) is 47.8 Å². The lowest BCUT2D eigenvalue weighted by molar-refractivity contribution is -0.135. The van der Waals surface area contributed by atoms with E-state index in [1.165, 1.54) is 44.0 Å². The minimum absolute atomic E-state index is 0.0858. The van der Waals surface area contributed by atoms with Crippen LogP contribution in [0.3, 0.4) is 0 Å². The number of hydrogen-bond donors (Lipinski definition) is 0. The van der Waals surface area contributed by atoms with Crippen molar-refractivity contribution in [1.29, 1.82) is 0 Å². The number of benzene rings is 1. The van der Waals surface area contributed by atoms with E-state index in [2.05, 4.69) is 10.1 Å². The first kappa shape index (κ1) is 19.0. The zero-order valence-corrected chi connectivity index (χ0v) is 15.4. The molecule has 0 saturated carbocycles. The van der Waals surface area contributed by atoms with Gasteiger partial charge in [-0.1, -0.05) is 0 Å². The number of esters is 2. The third-order valence-corrected chi connectivity index (χ3v) is 3.66. The zero-order chi connectivity index (χ0) is 20.3. The molecule has 1 unspecified atom stereocenters. The summed E-state index contributed by atoms with van der Waals surface area (Å²) in [6.07, 6.45) is 2.37. The van der Waals surface area contributed by atoms with Crippen LogP contribution in [-0.2, 0) is 19.1 Å². The van der Waals surface area contributed by atoms with Gasteiger partial charge < -0.3 is 14.2 Å². The van der Waals surface area contributed by atoms with E-state index < -0.39 is 18.2 Å². The largest absolute Gasteiger partial charge is 0.446 e. The number of pyridine rings is 1. The first-order valence-corrected chi connectivity index (χ1v) is 8.31. The quantitative estimate of drug-likeness (QED) is 0.588. The van der Waals surface area contributed by atoms with Crippen LogP contribution < -0.4 is 9.47 Å². The SMILES string of the molecule is CC(=O)Oc1ccc(C2=NN(C(C)=O)C(c3ccncc3)O2)c(OC(C)=O)c1. The van der Waals surface area contributed by atoms with Crippen molar-refractivity contribution in [2.24, 2.45) is 5.10 Å². The van der Waals surface area contributed by atoms with Crippen LogP contribution >= 0.6 is 0 Å². The Morgan fingerprint density at radius 2 is 1.68 bits per heavy atom. The first-order chi connectivity index (χ1) is 13.3. The van der Waals surface area contributed by atoms with E-state index in [1.54, 1.807) is 24.5 Å². The molecule has 3 rings (SSSR count). The first-order valence-electron chi connectivity index (χ1n) is 8.31. The summed E-state index contributed by atoms with van der Waals surface area (Å²) in [5.41, 5.74) is 1.00. The highest BCUT2D eigenvalue weighted by atomic mass is 16.6. The third-order valence-electron chi connectivity index (χ3n) is 3.66. The normalized spacial score (nSPS) is 15.5. The number of amides is 1. The van der Waals surface area contributed by atoms with Crippen molar-refractivity contribution in [3.05, 3.63) is 53.9 Å². The molecule has 28 heavy (non-hydrogen) atoms. The number of rotatable bonds is 4. The molecule has 2 heterocycles. The fourth-order valence-electron chi connectivity index (χ4n) is 2.57. The second-order valence-electron chi connectivity index (χ2n) is 5.86. The van der Waals surface area contributed by atoms with E-state index in [9.17, 15) is 14.4 Å². The lowest BCUT2D eigenvalue weighted by Gasteiger charge is -2.19. The summed E-state index contributed by atoms with van der Waals surface area (Å²) < 4.78 is 16.1. The van der Waals surface area contributed by atoms with Crippen molar-refractivity contribution in [3.8, 4) is 11.5 Å². The number of hydrogen-bond acceptors (Lipinski definition) is 8. The zero-order valence-electron chi connectivity index (χ0n) is 15.4. The molecule has 0 fully saturated rings. The standard InChI is InChI=1S/C19H17N3O6/c1-11(23)22-19(14-6-8-20-9-7-14)28-18(21-22)16-5-4-15(26-12(2)24)10-17(16)27-13(3)25/h4-10,19H,1-3H3. The molecule has 1 atom stereocenters. The number of hydrazone groups is 1. The molecule has 0 spiro atoms. The van der Waals surface area contributed by atoms with Crippen molar-refractivity contribution < 1.29 is 28.6 Å². The Kier molecular flexibility index (Phi) is 5.35. The average Bonchev–Trinajstić information content (AvgIpc) is 3.07. The van der Waals surface area contributed by atoms with Gasteiger partial charge in [0.15, 0.2) is 0 Å². The summed E-state index contributed by atoms with van der Waals surface area (Å²) in [5.74, 6) is -1.06. The molecule has 1 aliphatic rings. The number of carbonyl (C=O) groups is 3. The summed E-state index contributed by atoms with van der Waals surface area (Å²) in [6.45, 7) is 3.86. The van der Waals surface area contributed by atoms with Gasteiger partial charge in [-0.15, -0.1) is 5.10 Å². The maximum absolute atomic E-state index is 12.0. The molecule has 2 aromatic rings. The highest BCUT2D eigenvalue weighted by Crippen LogP contribution is 2.34. The number of nitrogens with zero attached hydrogens (tertiary/aromatic N) is 3. The van der Waals surface area contributed by atoms with Gasteiger partial charge in [-0.3, -0.25) is 19.4 Å². The second kappa shape index (κ2) is 7.87. The lowest BCUT2D eigenvalue weighted by atomic mass is 10.2. The van der Waals surface area contributed by atoms with Crippen molar-refractivity contribution in [2.45, 2.75) is 27.0 Å². The Bertz CT molecular complexity index is 957. The maximum atomic E-state index is 12.0. The molecule has 0 radical (unpaired) electrons. The highest BCUT2D eigenvalue weighted by Gasteiger charge is 2.34. The highest BCUT2D eigenvalue weighted by molar-refractivity contribution is 5.99. The lowest BCUT2D eigenvalue weighted by Crippen LogP contribution is -2.25. The van der Waals surface area contributed by atoms with E-state index in [-0.39, 0.29) is 23.3 Å². The molecule has 1 aliphatic heterocycles. The van der Waals surface area contributed by atoms with Crippen LogP contribution in [0.4, 0.5) is 0 Å². The molecular formula is C19H17N3O6. The third kappa shape index (κ3) is 4.14. The van der Waals surface area contributed by atoms with Gasteiger partial charge in [-0.25, -0.2) is 0 Å². The van der Waals surface area contributed by atoms with Gasteiger partial charge in [-0.2, -0.15) is 5.01 Å². The fourth-order valence-corrected chi connectivity index (χ4v) is 2.57. The van der Waals surface area contributed by atoms with Crippen LogP contribution in [0.2, 0.25) is 0 Å². The van der Waals surface area contributed by atoms with Gasteiger partial charge in [0.1, 0.15) is 11.5 Å². The Morgan fingerprint density at radius 3 is 2.29 bits per heavy atom. The molecular weight excluding hydrogens is 366 g/mol. The van der Waals surface area contributed by atoms with Crippen LogP contribution in [0.25, 0.3) is 0 Å². The monoisotopic (exact) mass is 383 g/mol. The maximum Gasteiger partial charge on any atom is 0.308 e. The van der Waals surface area contributed by atoms with Gasteiger partial charge in [-0.05, 0) is 24.3 Å². The van der Waals surface area contributed by atoms with Crippen LogP contribution in [0, 0.1) is 0 Å². The molecule has 9 nitrogen and oxygen atoms in total. The molecule has 144 valence electrons. The second-order valence-corrected chi connectivity index (χ2v) is 5.86. The van der Waals surface area contributed by atoms with Crippen molar-refractivity contribution >= 4 is 23.7 Å². The fraction of sp³-hybridized carbons (Fsp3) is 0.211. The molecule has 0 saturated heterocycles. The van der Waals surface area contributed by atoms with Crippen molar-refractivity contribution in [3.63, 3.8) is 0 Å². The topological polar surface area (TPSA) is 107 Å². The smallest absolute Gasteiger partial charge is 0.308 e. The van der Waals surface area contributed by atoms with E-state index in [0.29, 0.717) is 11.1 Å². The molecule has 1 amide bonds. The Morgan fingerprint density at radius 1 is 1.00 bits per heavy atom. The summed E-state index contributed by atoms with van der Waals surface area (Å²) in [5, 5.41) is 5.42. The van der Waals surface area contributed by atoms with E-state index >= 15 is 0 Å². The van der Waals surface area contributed by atoms with Gasteiger partial charge in [0, 0.05) is 44.8 Å². The van der Waals surface area contributed by atoms with Gasteiger partial charge in [0.05, 0.1) is 5.56 Å². The average molecular weight is 383 g/mol. The van der Waals surface area contributed by atoms with Crippen LogP contribution in [-0.4, -0.2) is 33.7 Å². The van der Waals surface area contributed by atoms with Crippen molar-refractivity contribution in [2.75, 3.05) is 0 Å². The van der Waals surface area contributed by atoms with Crippen LogP contribution in [0.1, 0.15) is 38.1 Å². The Balaban J connectivity index is 1.99. The van der Waals surface area contributed by atoms with E-state index in [0.717, 1.165) is 0 Å². The van der Waals surface area contributed by atoms with Crippen LogP contribution in [0.5, 0.6) is 11.5 Å². The predicted octanol–water partition coefficient (Wildman–Crippen LogP) is 2.17. The predicted molar refractivity (Wildman–Crippen MR) is 96.2 cm³/mol. The molecule has 0 aliphatic carbocycles. The number of carbonyl (C=O) groups excluding carboxylic acids is 3. The Labute approximate surface area is 160 Å². The molecule has 0 bridgehead atoms. The Hall–Kier alpha value is -3.75.